The van der Waals surface area contributed by atoms with Crippen LogP contribution < -0.4 is 10.5 Å². The second-order valence-electron chi connectivity index (χ2n) is 7.96. The number of halogens is 1. The smallest absolute Gasteiger partial charge is 0.164 e. The average molecular weight is 433 g/mol. The highest BCUT2D eigenvalue weighted by Gasteiger charge is 2.33. The minimum Gasteiger partial charge on any atom is -0.457 e. The Bertz CT molecular complexity index is 1210. The lowest BCUT2D eigenvalue weighted by Gasteiger charge is -2.34. The van der Waals surface area contributed by atoms with E-state index in [1.807, 2.05) is 61.5 Å². The lowest BCUT2D eigenvalue weighted by atomic mass is 10.0. The third-order valence-electron chi connectivity index (χ3n) is 5.98. The molecule has 0 amide bonds. The van der Waals surface area contributed by atoms with Gasteiger partial charge in [-0.05, 0) is 49.4 Å². The number of alkyl halides is 1. The molecular formula is C24H25FN6O. The summed E-state index contributed by atoms with van der Waals surface area (Å²) in [6.07, 6.45) is 1.04. The van der Waals surface area contributed by atoms with Gasteiger partial charge in [0.25, 0.3) is 0 Å². The van der Waals surface area contributed by atoms with Crippen molar-refractivity contribution in [3.8, 4) is 22.8 Å². The van der Waals surface area contributed by atoms with Gasteiger partial charge in [-0.2, -0.15) is 5.10 Å². The van der Waals surface area contributed by atoms with Gasteiger partial charge in [0.1, 0.15) is 35.5 Å². The number of nitrogens with zero attached hydrogens (tertiary/aromatic N) is 5. The molecule has 8 heteroatoms. The quantitative estimate of drug-likeness (QED) is 0.501. The molecule has 2 N–H and O–H groups in total. The molecule has 5 rings (SSSR count). The van der Waals surface area contributed by atoms with Gasteiger partial charge < -0.3 is 15.4 Å². The van der Waals surface area contributed by atoms with Gasteiger partial charge in [-0.3, -0.25) is 0 Å². The van der Waals surface area contributed by atoms with E-state index in [0.717, 1.165) is 24.4 Å². The maximum absolute atomic E-state index is 15.1. The molecule has 2 aromatic heterocycles. The maximum atomic E-state index is 15.1. The fourth-order valence-electron chi connectivity index (χ4n) is 4.25. The Morgan fingerprint density at radius 1 is 1.06 bits per heavy atom. The summed E-state index contributed by atoms with van der Waals surface area (Å²) in [6.45, 7) is 4.10. The number of likely N-dealkylation sites (tertiary alicyclic amines) is 1. The topological polar surface area (TPSA) is 82.1 Å². The zero-order valence-electron chi connectivity index (χ0n) is 17.9. The predicted molar refractivity (Wildman–Crippen MR) is 122 cm³/mol. The summed E-state index contributed by atoms with van der Waals surface area (Å²) in [5, 5.41) is 5.44. The lowest BCUT2D eigenvalue weighted by molar-refractivity contribution is 0.0894. The number of benzene rings is 2. The molecule has 2 aromatic carbocycles. The van der Waals surface area contributed by atoms with E-state index in [1.54, 1.807) is 4.68 Å². The van der Waals surface area contributed by atoms with Crippen molar-refractivity contribution in [3.05, 3.63) is 60.9 Å². The minimum atomic E-state index is -1.03. The number of aromatic nitrogens is 4. The highest BCUT2D eigenvalue weighted by atomic mass is 19.1. The van der Waals surface area contributed by atoms with E-state index >= 15 is 4.39 Å². The molecule has 32 heavy (non-hydrogen) atoms. The van der Waals surface area contributed by atoms with Gasteiger partial charge in [-0.15, -0.1) is 0 Å². The zero-order valence-corrected chi connectivity index (χ0v) is 17.9. The van der Waals surface area contributed by atoms with Gasteiger partial charge in [-0.1, -0.05) is 25.1 Å². The second kappa shape index (κ2) is 8.55. The number of anilines is 1. The van der Waals surface area contributed by atoms with E-state index in [1.165, 1.54) is 6.33 Å². The molecule has 3 heterocycles. The maximum Gasteiger partial charge on any atom is 0.164 e. The van der Waals surface area contributed by atoms with Crippen molar-refractivity contribution in [3.63, 3.8) is 0 Å². The van der Waals surface area contributed by atoms with Crippen LogP contribution in [0.5, 0.6) is 11.5 Å². The molecule has 2 atom stereocenters. The number of para-hydroxylation sites is 1. The summed E-state index contributed by atoms with van der Waals surface area (Å²) in [7, 11) is 0. The second-order valence-corrected chi connectivity index (χ2v) is 7.96. The Balaban J connectivity index is 1.51. The molecular weight excluding hydrogens is 407 g/mol. The van der Waals surface area contributed by atoms with Crippen LogP contribution in [0.3, 0.4) is 0 Å². The van der Waals surface area contributed by atoms with Gasteiger partial charge in [-0.25, -0.2) is 19.0 Å². The molecule has 7 nitrogen and oxygen atoms in total. The molecule has 1 saturated heterocycles. The van der Waals surface area contributed by atoms with E-state index in [-0.39, 0.29) is 6.04 Å². The van der Waals surface area contributed by atoms with Crippen LogP contribution in [0, 0.1) is 0 Å². The number of rotatable bonds is 5. The van der Waals surface area contributed by atoms with Crippen LogP contribution in [0.2, 0.25) is 0 Å². The van der Waals surface area contributed by atoms with Gasteiger partial charge >= 0.3 is 0 Å². The van der Waals surface area contributed by atoms with Crippen molar-refractivity contribution in [1.82, 2.24) is 24.6 Å². The molecule has 0 unspecified atom stereocenters. The van der Waals surface area contributed by atoms with Crippen LogP contribution in [-0.2, 0) is 0 Å². The Hall–Kier alpha value is -3.52. The Kier molecular flexibility index (Phi) is 5.45. The van der Waals surface area contributed by atoms with Crippen LogP contribution >= 0.6 is 0 Å². The van der Waals surface area contributed by atoms with E-state index in [4.69, 9.17) is 15.6 Å². The van der Waals surface area contributed by atoms with Crippen molar-refractivity contribution >= 4 is 16.9 Å². The van der Waals surface area contributed by atoms with Crippen molar-refractivity contribution < 1.29 is 9.13 Å². The number of ether oxygens (including phenoxy) is 1. The van der Waals surface area contributed by atoms with Gasteiger partial charge in [0.05, 0.1) is 11.4 Å². The number of hydrogen-bond donors (Lipinski definition) is 1. The van der Waals surface area contributed by atoms with Gasteiger partial charge in [0.15, 0.2) is 5.65 Å². The van der Waals surface area contributed by atoms with Crippen molar-refractivity contribution in [1.29, 1.82) is 0 Å². The van der Waals surface area contributed by atoms with E-state index in [0.29, 0.717) is 41.3 Å². The van der Waals surface area contributed by atoms with Crippen molar-refractivity contribution in [2.45, 2.75) is 25.6 Å². The summed E-state index contributed by atoms with van der Waals surface area (Å²) in [5.41, 5.74) is 8.27. The number of piperidine rings is 1. The summed E-state index contributed by atoms with van der Waals surface area (Å²) in [5.74, 6) is 1.81. The van der Waals surface area contributed by atoms with Gasteiger partial charge in [0.2, 0.25) is 0 Å². The molecule has 1 aliphatic rings. The van der Waals surface area contributed by atoms with Crippen molar-refractivity contribution in [2.24, 2.45) is 0 Å². The molecule has 164 valence electrons. The van der Waals surface area contributed by atoms with Crippen LogP contribution in [-0.4, -0.2) is 50.5 Å². The highest BCUT2D eigenvalue weighted by Crippen LogP contribution is 2.35. The molecule has 0 saturated carbocycles. The molecule has 4 aromatic rings. The average Bonchev–Trinajstić information content (AvgIpc) is 3.21. The molecule has 0 spiro atoms. The zero-order chi connectivity index (χ0) is 22.1. The Labute approximate surface area is 185 Å². The van der Waals surface area contributed by atoms with Crippen LogP contribution in [0.25, 0.3) is 22.3 Å². The number of fused-ring (bicyclic) bond motifs is 1. The van der Waals surface area contributed by atoms with Crippen LogP contribution in [0.4, 0.5) is 10.2 Å². The van der Waals surface area contributed by atoms with Crippen molar-refractivity contribution in [2.75, 3.05) is 25.4 Å². The molecule has 1 fully saturated rings. The molecule has 1 aliphatic heterocycles. The largest absolute Gasteiger partial charge is 0.457 e. The first-order chi connectivity index (χ1) is 15.6. The van der Waals surface area contributed by atoms with Gasteiger partial charge in [0, 0.05) is 18.7 Å². The number of nitrogen functional groups attached to an aromatic ring is 1. The first-order valence-electron chi connectivity index (χ1n) is 10.8. The number of nitrogens with two attached hydrogens (primary N) is 1. The standard InChI is InChI=1S/C24H25FN6O/c1-2-30-13-12-20(19(25)14-30)31-24-21(23(26)27-15-28-24)22(29-31)16-8-10-18(11-9-16)32-17-6-4-3-5-7-17/h3-11,15,19-20H,2,12-14H2,1H3,(H2,26,27,28)/t19-,20-/m0/s1. The minimum absolute atomic E-state index is 0.335. The van der Waals surface area contributed by atoms with Crippen LogP contribution in [0.15, 0.2) is 60.9 Å². The van der Waals surface area contributed by atoms with E-state index in [9.17, 15) is 0 Å². The van der Waals surface area contributed by atoms with E-state index < -0.39 is 6.17 Å². The Morgan fingerprint density at radius 3 is 2.53 bits per heavy atom. The van der Waals surface area contributed by atoms with Crippen LogP contribution in [0.1, 0.15) is 19.4 Å². The summed E-state index contributed by atoms with van der Waals surface area (Å²) < 4.78 is 22.7. The predicted octanol–water partition coefficient (Wildman–Crippen LogP) is 4.47. The summed E-state index contributed by atoms with van der Waals surface area (Å²) in [6, 6.07) is 16.8. The molecule has 0 bridgehead atoms. The third kappa shape index (κ3) is 3.78. The fourth-order valence-corrected chi connectivity index (χ4v) is 4.25. The Morgan fingerprint density at radius 2 is 1.81 bits per heavy atom. The lowest BCUT2D eigenvalue weighted by Crippen LogP contribution is -2.42. The highest BCUT2D eigenvalue weighted by molar-refractivity contribution is 5.98. The summed E-state index contributed by atoms with van der Waals surface area (Å²) >= 11 is 0. The third-order valence-corrected chi connectivity index (χ3v) is 5.98. The molecule has 0 aliphatic carbocycles. The molecule has 0 radical (unpaired) electrons. The number of hydrogen-bond acceptors (Lipinski definition) is 6. The first-order valence-corrected chi connectivity index (χ1v) is 10.8. The normalized spacial score (nSPS) is 19.3. The summed E-state index contributed by atoms with van der Waals surface area (Å²) in [4.78, 5) is 10.7. The van der Waals surface area contributed by atoms with E-state index in [2.05, 4.69) is 14.9 Å². The first kappa shape index (κ1) is 20.4. The fraction of sp³-hybridized carbons (Fsp3) is 0.292. The monoisotopic (exact) mass is 432 g/mol. The SMILES string of the molecule is CCN1CC[C@H](n2nc(-c3ccc(Oc4ccccc4)cc3)c3c(N)ncnc32)[C@@H](F)C1.